The van der Waals surface area contributed by atoms with Crippen molar-refractivity contribution in [1.82, 2.24) is 20.0 Å². The van der Waals surface area contributed by atoms with Crippen molar-refractivity contribution in [2.45, 2.75) is 40.2 Å². The Labute approximate surface area is 221 Å². The monoisotopic (exact) mass is 522 g/mol. The molecule has 1 atom stereocenters. The lowest BCUT2D eigenvalue weighted by Gasteiger charge is -2.15. The zero-order valence-electron chi connectivity index (χ0n) is 21.6. The van der Waals surface area contributed by atoms with E-state index in [1.807, 2.05) is 23.8 Å². The summed E-state index contributed by atoms with van der Waals surface area (Å²) < 4.78 is 1.69. The number of nitrogens with zero attached hydrogens (tertiary/aromatic N) is 2. The minimum Gasteiger partial charge on any atom is -0.508 e. The van der Waals surface area contributed by atoms with Crippen molar-refractivity contribution >= 4 is 28.8 Å². The summed E-state index contributed by atoms with van der Waals surface area (Å²) in [5.41, 5.74) is 3.48. The highest BCUT2D eigenvalue weighted by atomic mass is 32.1. The molecule has 0 spiro atoms. The Morgan fingerprint density at radius 2 is 1.78 bits per heavy atom. The number of aromatic hydroxyl groups is 1. The van der Waals surface area contributed by atoms with Gasteiger partial charge in [0.1, 0.15) is 17.1 Å². The van der Waals surface area contributed by atoms with Gasteiger partial charge in [0.05, 0.1) is 11.6 Å². The van der Waals surface area contributed by atoms with Gasteiger partial charge >= 0.3 is 0 Å². The van der Waals surface area contributed by atoms with Gasteiger partial charge in [0.25, 0.3) is 11.8 Å². The summed E-state index contributed by atoms with van der Waals surface area (Å²) in [7, 11) is 0. The predicted molar refractivity (Wildman–Crippen MR) is 147 cm³/mol. The van der Waals surface area contributed by atoms with Crippen molar-refractivity contribution in [1.29, 1.82) is 0 Å². The molecule has 0 aliphatic heterocycles. The number of hydrogen-bond acceptors (Lipinski definition) is 6. The maximum atomic E-state index is 13.2. The number of carbonyl (C=O) groups is 2. The number of aromatic nitrogens is 2. The summed E-state index contributed by atoms with van der Waals surface area (Å²) in [5, 5.41) is 27.0. The van der Waals surface area contributed by atoms with E-state index in [1.54, 1.807) is 53.9 Å². The molecular formula is C28H34N4O4S. The summed E-state index contributed by atoms with van der Waals surface area (Å²) in [6.07, 6.45) is 2.63. The molecule has 196 valence electrons. The van der Waals surface area contributed by atoms with Gasteiger partial charge in [-0.05, 0) is 67.5 Å². The van der Waals surface area contributed by atoms with Crippen LogP contribution in [-0.2, 0) is 0 Å². The Balaban J connectivity index is 0.00000121. The van der Waals surface area contributed by atoms with Crippen LogP contribution in [0.1, 0.15) is 66.6 Å². The molecule has 37 heavy (non-hydrogen) atoms. The highest BCUT2D eigenvalue weighted by Gasteiger charge is 2.24. The lowest BCUT2D eigenvalue weighted by atomic mass is 10.1. The fourth-order valence-corrected chi connectivity index (χ4v) is 4.38. The SMILES string of the molecule is CC(C)CCNC(=O)c1c(-c2ccsc2)nc2c(C(=O)NC(C)c3ccc(O)cc3)cccn12.CCO. The first-order valence-electron chi connectivity index (χ1n) is 12.3. The number of hydrogen-bond donors (Lipinski definition) is 4. The van der Waals surface area contributed by atoms with Crippen molar-refractivity contribution in [2.24, 2.45) is 5.92 Å². The average Bonchev–Trinajstić information content (AvgIpc) is 3.52. The zero-order valence-corrected chi connectivity index (χ0v) is 22.4. The van der Waals surface area contributed by atoms with Crippen LogP contribution in [-0.4, -0.2) is 44.6 Å². The van der Waals surface area contributed by atoms with Gasteiger partial charge in [-0.3, -0.25) is 14.0 Å². The van der Waals surface area contributed by atoms with Gasteiger partial charge in [0, 0.05) is 30.3 Å². The molecule has 1 unspecified atom stereocenters. The molecule has 4 rings (SSSR count). The molecule has 0 radical (unpaired) electrons. The van der Waals surface area contributed by atoms with Crippen molar-refractivity contribution < 1.29 is 19.8 Å². The highest BCUT2D eigenvalue weighted by molar-refractivity contribution is 7.08. The van der Waals surface area contributed by atoms with Crippen LogP contribution in [0.3, 0.4) is 0 Å². The molecule has 0 fully saturated rings. The van der Waals surface area contributed by atoms with Gasteiger partial charge in [0.2, 0.25) is 0 Å². The van der Waals surface area contributed by atoms with Gasteiger partial charge in [-0.25, -0.2) is 4.98 Å². The van der Waals surface area contributed by atoms with E-state index in [0.29, 0.717) is 35.1 Å². The minimum absolute atomic E-state index is 0.171. The van der Waals surface area contributed by atoms with E-state index in [2.05, 4.69) is 24.5 Å². The summed E-state index contributed by atoms with van der Waals surface area (Å²) in [6, 6.07) is 11.8. The second kappa shape index (κ2) is 13.0. The Kier molecular flexibility index (Phi) is 9.82. The lowest BCUT2D eigenvalue weighted by Crippen LogP contribution is -2.28. The van der Waals surface area contributed by atoms with Gasteiger partial charge in [-0.15, -0.1) is 0 Å². The fourth-order valence-electron chi connectivity index (χ4n) is 3.74. The topological polar surface area (TPSA) is 116 Å². The number of carbonyl (C=O) groups excluding carboxylic acids is 2. The second-order valence-corrected chi connectivity index (χ2v) is 9.76. The second-order valence-electron chi connectivity index (χ2n) is 8.98. The molecule has 4 N–H and O–H groups in total. The number of benzene rings is 1. The molecule has 1 aromatic carbocycles. The molecule has 8 nitrogen and oxygen atoms in total. The van der Waals surface area contributed by atoms with E-state index >= 15 is 0 Å². The van der Waals surface area contributed by atoms with Gasteiger partial charge in [-0.1, -0.05) is 26.0 Å². The summed E-state index contributed by atoms with van der Waals surface area (Å²) in [4.78, 5) is 31.2. The van der Waals surface area contributed by atoms with Crippen LogP contribution >= 0.6 is 11.3 Å². The first kappa shape index (κ1) is 27.9. The van der Waals surface area contributed by atoms with Crippen molar-refractivity contribution in [3.8, 4) is 17.0 Å². The standard InChI is InChI=1S/C26H28N4O3S.C2H6O/c1-16(2)10-12-27-26(33)23-22(19-11-14-34-15-19)29-24-21(5-4-13-30(23)24)25(32)28-17(3)18-6-8-20(31)9-7-18;1-2-3/h4-9,11,13-17,31H,10,12H2,1-3H3,(H,27,33)(H,28,32);3H,2H2,1H3. The molecule has 3 heterocycles. The summed E-state index contributed by atoms with van der Waals surface area (Å²) in [5.74, 6) is 0.137. The Morgan fingerprint density at radius 3 is 2.41 bits per heavy atom. The molecule has 0 saturated heterocycles. The number of pyridine rings is 1. The molecular weight excluding hydrogens is 488 g/mol. The fraction of sp³-hybridized carbons (Fsp3) is 0.321. The zero-order chi connectivity index (χ0) is 26.9. The van der Waals surface area contributed by atoms with Crippen LogP contribution in [0.5, 0.6) is 5.75 Å². The highest BCUT2D eigenvalue weighted by Crippen LogP contribution is 2.28. The van der Waals surface area contributed by atoms with Gasteiger partial charge in [-0.2, -0.15) is 11.3 Å². The quantitative estimate of drug-likeness (QED) is 0.259. The maximum absolute atomic E-state index is 13.2. The third-order valence-electron chi connectivity index (χ3n) is 5.65. The molecule has 3 aromatic heterocycles. The number of imidazole rings is 1. The van der Waals surface area contributed by atoms with E-state index < -0.39 is 0 Å². The van der Waals surface area contributed by atoms with E-state index in [9.17, 15) is 14.7 Å². The van der Waals surface area contributed by atoms with Crippen LogP contribution in [0.2, 0.25) is 0 Å². The molecule has 9 heteroatoms. The number of phenols is 1. The number of thiophene rings is 1. The van der Waals surface area contributed by atoms with Crippen LogP contribution in [0.15, 0.2) is 59.4 Å². The number of aliphatic hydroxyl groups excluding tert-OH is 1. The third kappa shape index (κ3) is 6.96. The van der Waals surface area contributed by atoms with Crippen LogP contribution in [0.25, 0.3) is 16.9 Å². The number of rotatable bonds is 8. The first-order valence-corrected chi connectivity index (χ1v) is 13.2. The maximum Gasteiger partial charge on any atom is 0.270 e. The lowest BCUT2D eigenvalue weighted by molar-refractivity contribution is 0.0932. The van der Waals surface area contributed by atoms with Crippen LogP contribution in [0.4, 0.5) is 0 Å². The summed E-state index contributed by atoms with van der Waals surface area (Å²) in [6.45, 7) is 8.60. The van der Waals surface area contributed by atoms with Gasteiger partial charge in [0.15, 0.2) is 5.65 Å². The van der Waals surface area contributed by atoms with Crippen molar-refractivity contribution in [2.75, 3.05) is 13.2 Å². The Morgan fingerprint density at radius 1 is 1.08 bits per heavy atom. The van der Waals surface area contributed by atoms with Crippen molar-refractivity contribution in [3.05, 3.63) is 76.2 Å². The number of fused-ring (bicyclic) bond motifs is 1. The Hall–Kier alpha value is -3.69. The minimum atomic E-state index is -0.292. The number of phenolic OH excluding ortho intramolecular Hbond substituents is 1. The van der Waals surface area contributed by atoms with E-state index in [-0.39, 0.29) is 30.2 Å². The van der Waals surface area contributed by atoms with E-state index in [0.717, 1.165) is 17.5 Å². The predicted octanol–water partition coefficient (Wildman–Crippen LogP) is 5.03. The summed E-state index contributed by atoms with van der Waals surface area (Å²) >= 11 is 1.53. The normalized spacial score (nSPS) is 11.6. The molecule has 4 aromatic rings. The Bertz CT molecular complexity index is 1310. The van der Waals surface area contributed by atoms with Crippen molar-refractivity contribution in [3.63, 3.8) is 0 Å². The van der Waals surface area contributed by atoms with Gasteiger partial charge < -0.3 is 20.8 Å². The number of aliphatic hydroxyl groups is 1. The van der Waals surface area contributed by atoms with E-state index in [1.165, 1.54) is 11.3 Å². The smallest absolute Gasteiger partial charge is 0.270 e. The number of nitrogens with one attached hydrogen (secondary N) is 2. The first-order chi connectivity index (χ1) is 17.8. The molecule has 0 aliphatic carbocycles. The third-order valence-corrected chi connectivity index (χ3v) is 6.34. The molecule has 2 amide bonds. The van der Waals surface area contributed by atoms with Crippen LogP contribution in [0, 0.1) is 5.92 Å². The largest absolute Gasteiger partial charge is 0.508 e. The average molecular weight is 523 g/mol. The molecule has 0 bridgehead atoms. The molecule has 0 aliphatic rings. The van der Waals surface area contributed by atoms with E-state index in [4.69, 9.17) is 10.1 Å². The number of amides is 2. The molecule has 0 saturated carbocycles. The van der Waals surface area contributed by atoms with Crippen LogP contribution < -0.4 is 10.6 Å².